The summed E-state index contributed by atoms with van der Waals surface area (Å²) >= 11 is 4.78. The molecule has 2 N–H and O–H groups in total. The Labute approximate surface area is 52.4 Å². The third-order valence-electron chi connectivity index (χ3n) is 0.892. The molecule has 1 saturated heterocycles. The lowest BCUT2D eigenvalue weighted by atomic mass is 10.4. The average molecular weight is 130 g/mol. The van der Waals surface area contributed by atoms with Gasteiger partial charge < -0.3 is 10.6 Å². The number of carbonyl (C=O) groups is 1. The molecule has 4 heteroatoms. The molecule has 0 aromatic carbocycles. The zero-order valence-corrected chi connectivity index (χ0v) is 5.05. The first kappa shape index (κ1) is 5.50. The van der Waals surface area contributed by atoms with Crippen molar-refractivity contribution in [2.45, 2.75) is 0 Å². The van der Waals surface area contributed by atoms with Gasteiger partial charge in [-0.3, -0.25) is 0 Å². The minimum absolute atomic E-state index is 0.126. The highest BCUT2D eigenvalue weighted by Gasteiger charge is 2.07. The third kappa shape index (κ3) is 1.16. The maximum Gasteiger partial charge on any atom is 0.315 e. The van der Waals surface area contributed by atoms with Crippen molar-refractivity contribution in [3.8, 4) is 0 Å². The highest BCUT2D eigenvalue weighted by atomic mass is 32.1. The van der Waals surface area contributed by atoms with Gasteiger partial charge in [-0.1, -0.05) is 12.2 Å². The quantitative estimate of drug-likeness (QED) is 0.441. The van der Waals surface area contributed by atoms with Crippen LogP contribution >= 0.6 is 12.2 Å². The molecule has 1 rings (SSSR count). The minimum Gasteiger partial charge on any atom is -0.333 e. The monoisotopic (exact) mass is 130 g/mol. The number of carbonyl (C=O) groups excluding carboxylic acids is 1. The second-order valence-corrected chi connectivity index (χ2v) is 2.15. The van der Waals surface area contributed by atoms with Gasteiger partial charge in [-0.25, -0.2) is 4.79 Å². The van der Waals surface area contributed by atoms with Crippen molar-refractivity contribution in [2.24, 2.45) is 0 Å². The van der Waals surface area contributed by atoms with E-state index in [4.69, 9.17) is 12.2 Å². The highest BCUT2D eigenvalue weighted by molar-refractivity contribution is 7.80. The zero-order chi connectivity index (χ0) is 5.98. The van der Waals surface area contributed by atoms with Crippen LogP contribution in [0.15, 0.2) is 0 Å². The van der Waals surface area contributed by atoms with Crippen LogP contribution in [0.2, 0.25) is 0 Å². The van der Waals surface area contributed by atoms with E-state index in [1.54, 1.807) is 0 Å². The molecule has 0 radical (unpaired) electrons. The smallest absolute Gasteiger partial charge is 0.315 e. The van der Waals surface area contributed by atoms with Gasteiger partial charge in [-0.15, -0.1) is 0 Å². The Hall–Kier alpha value is -0.640. The highest BCUT2D eigenvalue weighted by Crippen LogP contribution is 1.79. The summed E-state index contributed by atoms with van der Waals surface area (Å²) < 4.78 is 0. The molecule has 2 amide bonds. The first-order valence-electron chi connectivity index (χ1n) is 2.32. The number of hydrogen-bond donors (Lipinski definition) is 2. The largest absolute Gasteiger partial charge is 0.333 e. The van der Waals surface area contributed by atoms with Gasteiger partial charge in [-0.2, -0.15) is 0 Å². The number of rotatable bonds is 0. The molecule has 0 saturated carbocycles. The Morgan fingerprint density at radius 2 is 1.88 bits per heavy atom. The first-order valence-corrected chi connectivity index (χ1v) is 2.73. The fourth-order valence-corrected chi connectivity index (χ4v) is 0.627. The maximum absolute atomic E-state index is 10.3. The molecule has 44 valence electrons. The minimum atomic E-state index is -0.126. The fourth-order valence-electron chi connectivity index (χ4n) is 0.483. The fraction of sp³-hybridized carbons (Fsp3) is 0.500. The molecule has 3 nitrogen and oxygen atoms in total. The molecular formula is C4H6N2OS. The van der Waals surface area contributed by atoms with E-state index < -0.39 is 0 Å². The van der Waals surface area contributed by atoms with Crippen LogP contribution in [-0.4, -0.2) is 24.0 Å². The van der Waals surface area contributed by atoms with Gasteiger partial charge in [0.15, 0.2) is 0 Å². The number of nitrogens with one attached hydrogen (secondary N) is 2. The average Bonchev–Trinajstić information content (AvgIpc) is 1.77. The Balaban J connectivity index is 2.40. The lowest BCUT2D eigenvalue weighted by Gasteiger charge is -2.13. The van der Waals surface area contributed by atoms with E-state index in [0.717, 1.165) is 4.86 Å². The second-order valence-electron chi connectivity index (χ2n) is 1.57. The summed E-state index contributed by atoms with van der Waals surface area (Å²) in [7, 11) is 0. The summed E-state index contributed by atoms with van der Waals surface area (Å²) in [5.41, 5.74) is 0. The normalized spacial score (nSPS) is 19.5. The van der Waals surface area contributed by atoms with Crippen LogP contribution in [0, 0.1) is 0 Å². The number of urea groups is 1. The molecule has 0 unspecified atom stereocenters. The van der Waals surface area contributed by atoms with Crippen molar-refractivity contribution >= 4 is 23.1 Å². The van der Waals surface area contributed by atoms with Gasteiger partial charge in [0.2, 0.25) is 0 Å². The third-order valence-corrected chi connectivity index (χ3v) is 1.18. The topological polar surface area (TPSA) is 41.1 Å². The molecule has 1 heterocycles. The number of hydrogen-bond acceptors (Lipinski definition) is 2. The molecular weight excluding hydrogens is 124 g/mol. The van der Waals surface area contributed by atoms with Crippen molar-refractivity contribution in [1.29, 1.82) is 0 Å². The van der Waals surface area contributed by atoms with Gasteiger partial charge in [0, 0.05) is 4.86 Å². The molecule has 8 heavy (non-hydrogen) atoms. The summed E-state index contributed by atoms with van der Waals surface area (Å²) in [5, 5.41) is 5.08. The van der Waals surface area contributed by atoms with E-state index >= 15 is 0 Å². The van der Waals surface area contributed by atoms with Crippen molar-refractivity contribution in [3.05, 3.63) is 0 Å². The van der Waals surface area contributed by atoms with Crippen molar-refractivity contribution < 1.29 is 4.79 Å². The van der Waals surface area contributed by atoms with Gasteiger partial charge in [-0.05, 0) is 0 Å². The van der Waals surface area contributed by atoms with Crippen molar-refractivity contribution in [3.63, 3.8) is 0 Å². The maximum atomic E-state index is 10.3. The molecule has 0 spiro atoms. The summed E-state index contributed by atoms with van der Waals surface area (Å²) in [6, 6.07) is -0.126. The molecule has 0 aromatic rings. The standard InChI is InChI=1S/C4H6N2OS/c7-4-5-1-3(8)2-6-4/h1-2H2,(H2,5,6,7). The van der Waals surface area contributed by atoms with Crippen LogP contribution in [0.5, 0.6) is 0 Å². The van der Waals surface area contributed by atoms with E-state index in [9.17, 15) is 4.79 Å². The second kappa shape index (κ2) is 2.09. The number of amides is 2. The van der Waals surface area contributed by atoms with Crippen LogP contribution in [0.3, 0.4) is 0 Å². The summed E-state index contributed by atoms with van der Waals surface area (Å²) in [6.07, 6.45) is 0. The van der Waals surface area contributed by atoms with Crippen LogP contribution < -0.4 is 10.6 Å². The zero-order valence-electron chi connectivity index (χ0n) is 4.23. The lowest BCUT2D eigenvalue weighted by molar-refractivity contribution is 0.242. The van der Waals surface area contributed by atoms with E-state index in [0.29, 0.717) is 13.1 Å². The molecule has 1 aliphatic rings. The van der Waals surface area contributed by atoms with E-state index in [1.165, 1.54) is 0 Å². The Bertz CT molecular complexity index is 106. The van der Waals surface area contributed by atoms with E-state index in [1.807, 2.05) is 0 Å². The predicted octanol–water partition coefficient (Wildman–Crippen LogP) is -0.331. The first-order chi connectivity index (χ1) is 3.79. The molecule has 1 aliphatic heterocycles. The van der Waals surface area contributed by atoms with E-state index in [2.05, 4.69) is 10.6 Å². The molecule has 0 aliphatic carbocycles. The lowest BCUT2D eigenvalue weighted by Crippen LogP contribution is -2.47. The van der Waals surface area contributed by atoms with E-state index in [-0.39, 0.29) is 6.03 Å². The molecule has 1 fully saturated rings. The Kier molecular flexibility index (Phi) is 1.43. The van der Waals surface area contributed by atoms with Crippen molar-refractivity contribution in [1.82, 2.24) is 10.6 Å². The Morgan fingerprint density at radius 1 is 1.38 bits per heavy atom. The van der Waals surface area contributed by atoms with Crippen LogP contribution in [0.25, 0.3) is 0 Å². The van der Waals surface area contributed by atoms with Crippen LogP contribution in [0.1, 0.15) is 0 Å². The summed E-state index contributed by atoms with van der Waals surface area (Å²) in [4.78, 5) is 11.2. The SMILES string of the molecule is O=C1NCC(=S)CN1. The summed E-state index contributed by atoms with van der Waals surface area (Å²) in [5.74, 6) is 0. The van der Waals surface area contributed by atoms with Gasteiger partial charge in [0.05, 0.1) is 13.1 Å². The van der Waals surface area contributed by atoms with Crippen LogP contribution in [0.4, 0.5) is 4.79 Å². The van der Waals surface area contributed by atoms with Gasteiger partial charge in [0.25, 0.3) is 0 Å². The molecule has 0 atom stereocenters. The molecule has 0 aromatic heterocycles. The Morgan fingerprint density at radius 3 is 2.25 bits per heavy atom. The van der Waals surface area contributed by atoms with Gasteiger partial charge >= 0.3 is 6.03 Å². The predicted molar refractivity (Wildman–Crippen MR) is 34.0 cm³/mol. The number of thiocarbonyl (C=S) groups is 1. The van der Waals surface area contributed by atoms with Gasteiger partial charge in [0.1, 0.15) is 0 Å². The summed E-state index contributed by atoms with van der Waals surface area (Å²) in [6.45, 7) is 1.09. The van der Waals surface area contributed by atoms with Crippen LogP contribution in [-0.2, 0) is 0 Å². The molecule has 0 bridgehead atoms. The van der Waals surface area contributed by atoms with Crippen molar-refractivity contribution in [2.75, 3.05) is 13.1 Å².